The van der Waals surface area contributed by atoms with Crippen LogP contribution in [0.15, 0.2) is 0 Å². The summed E-state index contributed by atoms with van der Waals surface area (Å²) in [6.07, 6.45) is -0.746. The van der Waals surface area contributed by atoms with Gasteiger partial charge in [-0.1, -0.05) is 26.2 Å². The predicted molar refractivity (Wildman–Crippen MR) is 71.2 cm³/mol. The molecular weight excluding hydrogens is 271 g/mol. The Morgan fingerprint density at radius 3 is 2.45 bits per heavy atom. The second-order valence-electron chi connectivity index (χ2n) is 5.44. The molecule has 0 radical (unpaired) electrons. The van der Waals surface area contributed by atoms with Crippen LogP contribution in [0, 0.1) is 5.92 Å². The third kappa shape index (κ3) is 7.45. The standard InChI is InChI=1S/C14H26F3NO2/c1-2-3-4-5-10-19-20-13(14(15,16)17)11-12-6-8-18-9-7-12/h12-13,18H,2-11H2,1H3. The molecule has 20 heavy (non-hydrogen) atoms. The van der Waals surface area contributed by atoms with Crippen LogP contribution in [0.1, 0.15) is 51.9 Å². The van der Waals surface area contributed by atoms with Gasteiger partial charge >= 0.3 is 6.18 Å². The maximum absolute atomic E-state index is 12.9. The molecule has 0 aromatic rings. The van der Waals surface area contributed by atoms with Crippen LogP contribution in [0.3, 0.4) is 0 Å². The number of halogens is 3. The van der Waals surface area contributed by atoms with Crippen molar-refractivity contribution >= 4 is 0 Å². The molecule has 0 bridgehead atoms. The van der Waals surface area contributed by atoms with E-state index in [1.807, 2.05) is 0 Å². The van der Waals surface area contributed by atoms with Gasteiger partial charge in [-0.15, -0.1) is 0 Å². The first kappa shape index (κ1) is 17.7. The Hall–Kier alpha value is -0.330. The minimum atomic E-state index is -4.35. The lowest BCUT2D eigenvalue weighted by Gasteiger charge is -2.27. The summed E-state index contributed by atoms with van der Waals surface area (Å²) in [6, 6.07) is 0. The van der Waals surface area contributed by atoms with Crippen molar-refractivity contribution in [2.24, 2.45) is 5.92 Å². The molecule has 1 atom stereocenters. The van der Waals surface area contributed by atoms with Crippen LogP contribution in [-0.2, 0) is 9.78 Å². The van der Waals surface area contributed by atoms with E-state index in [-0.39, 0.29) is 18.9 Å². The van der Waals surface area contributed by atoms with Crippen molar-refractivity contribution in [2.75, 3.05) is 19.7 Å². The first-order valence-electron chi connectivity index (χ1n) is 7.59. The van der Waals surface area contributed by atoms with Gasteiger partial charge in [0, 0.05) is 0 Å². The lowest BCUT2D eigenvalue weighted by atomic mass is 9.92. The molecule has 0 spiro atoms. The van der Waals surface area contributed by atoms with Crippen LogP contribution in [0.2, 0.25) is 0 Å². The van der Waals surface area contributed by atoms with Crippen LogP contribution >= 0.6 is 0 Å². The molecule has 0 saturated carbocycles. The predicted octanol–water partition coefficient (Wildman–Crippen LogP) is 3.84. The first-order valence-corrected chi connectivity index (χ1v) is 7.59. The summed E-state index contributed by atoms with van der Waals surface area (Å²) in [5.74, 6) is 0.0616. The van der Waals surface area contributed by atoms with Gasteiger partial charge in [0.1, 0.15) is 0 Å². The van der Waals surface area contributed by atoms with Gasteiger partial charge in [-0.25, -0.2) is 9.78 Å². The molecule has 1 fully saturated rings. The van der Waals surface area contributed by atoms with E-state index in [1.165, 1.54) is 0 Å². The van der Waals surface area contributed by atoms with E-state index in [0.717, 1.165) is 51.6 Å². The highest BCUT2D eigenvalue weighted by atomic mass is 19.4. The van der Waals surface area contributed by atoms with Crippen molar-refractivity contribution in [2.45, 2.75) is 64.1 Å². The van der Waals surface area contributed by atoms with Crippen molar-refractivity contribution in [1.82, 2.24) is 5.32 Å². The maximum atomic E-state index is 12.9. The van der Waals surface area contributed by atoms with E-state index in [1.54, 1.807) is 0 Å². The molecule has 1 unspecified atom stereocenters. The van der Waals surface area contributed by atoms with E-state index in [0.29, 0.717) is 0 Å². The summed E-state index contributed by atoms with van der Waals surface area (Å²) < 4.78 is 38.7. The van der Waals surface area contributed by atoms with Gasteiger partial charge in [0.25, 0.3) is 0 Å². The fourth-order valence-corrected chi connectivity index (χ4v) is 2.37. The van der Waals surface area contributed by atoms with Gasteiger partial charge in [-0.2, -0.15) is 13.2 Å². The molecule has 1 saturated heterocycles. The number of alkyl halides is 3. The van der Waals surface area contributed by atoms with Crippen LogP contribution in [0.25, 0.3) is 0 Å². The van der Waals surface area contributed by atoms with E-state index in [9.17, 15) is 13.2 Å². The molecule has 0 aromatic heterocycles. The molecule has 0 aromatic carbocycles. The SMILES string of the molecule is CCCCCCOOC(CC1CCNCC1)C(F)(F)F. The lowest BCUT2D eigenvalue weighted by molar-refractivity contribution is -0.382. The highest BCUT2D eigenvalue weighted by Gasteiger charge is 2.43. The van der Waals surface area contributed by atoms with Gasteiger partial charge in [0.15, 0.2) is 6.10 Å². The first-order chi connectivity index (χ1) is 9.54. The van der Waals surface area contributed by atoms with Gasteiger partial charge < -0.3 is 5.32 Å². The average molecular weight is 297 g/mol. The largest absolute Gasteiger partial charge is 0.417 e. The monoisotopic (exact) mass is 297 g/mol. The summed E-state index contributed by atoms with van der Waals surface area (Å²) in [6.45, 7) is 3.88. The van der Waals surface area contributed by atoms with E-state index < -0.39 is 12.3 Å². The van der Waals surface area contributed by atoms with Gasteiger partial charge in [0.05, 0.1) is 6.61 Å². The Labute approximate surface area is 119 Å². The molecule has 0 amide bonds. The molecule has 1 rings (SSSR count). The lowest BCUT2D eigenvalue weighted by Crippen LogP contribution is -2.37. The Balaban J connectivity index is 2.25. The van der Waals surface area contributed by atoms with Gasteiger partial charge in [0.2, 0.25) is 0 Å². The fraction of sp³-hybridized carbons (Fsp3) is 1.00. The molecule has 1 N–H and O–H groups in total. The van der Waals surface area contributed by atoms with Crippen LogP contribution in [0.5, 0.6) is 0 Å². The maximum Gasteiger partial charge on any atom is 0.417 e. The number of unbranched alkanes of at least 4 members (excludes halogenated alkanes) is 3. The van der Waals surface area contributed by atoms with Gasteiger partial charge in [-0.05, 0) is 44.7 Å². The van der Waals surface area contributed by atoms with Crippen molar-refractivity contribution in [3.05, 3.63) is 0 Å². The van der Waals surface area contributed by atoms with Crippen molar-refractivity contribution in [3.63, 3.8) is 0 Å². The van der Waals surface area contributed by atoms with Crippen LogP contribution in [0.4, 0.5) is 13.2 Å². The zero-order valence-corrected chi connectivity index (χ0v) is 12.2. The Kier molecular flexibility index (Phi) is 8.49. The number of piperidine rings is 1. The molecule has 1 heterocycles. The molecule has 0 aliphatic carbocycles. The molecule has 120 valence electrons. The Bertz CT molecular complexity index is 243. The van der Waals surface area contributed by atoms with Crippen molar-refractivity contribution in [1.29, 1.82) is 0 Å². The molecule has 3 nitrogen and oxygen atoms in total. The summed E-state index contributed by atoms with van der Waals surface area (Å²) in [7, 11) is 0. The molecule has 6 heteroatoms. The zero-order valence-electron chi connectivity index (χ0n) is 12.2. The number of rotatable bonds is 9. The highest BCUT2D eigenvalue weighted by Crippen LogP contribution is 2.30. The van der Waals surface area contributed by atoms with E-state index >= 15 is 0 Å². The Morgan fingerprint density at radius 1 is 1.15 bits per heavy atom. The topological polar surface area (TPSA) is 30.5 Å². The smallest absolute Gasteiger partial charge is 0.317 e. The van der Waals surface area contributed by atoms with Crippen molar-refractivity contribution < 1.29 is 22.9 Å². The zero-order chi connectivity index (χ0) is 14.8. The normalized spacial score (nSPS) is 19.2. The quantitative estimate of drug-likeness (QED) is 0.398. The minimum Gasteiger partial charge on any atom is -0.317 e. The second kappa shape index (κ2) is 9.58. The third-order valence-electron chi connectivity index (χ3n) is 3.64. The second-order valence-corrected chi connectivity index (χ2v) is 5.44. The number of hydrogen-bond acceptors (Lipinski definition) is 3. The Morgan fingerprint density at radius 2 is 1.85 bits per heavy atom. The molecular formula is C14H26F3NO2. The van der Waals surface area contributed by atoms with Crippen molar-refractivity contribution in [3.8, 4) is 0 Å². The minimum absolute atomic E-state index is 0.000139. The summed E-state index contributed by atoms with van der Waals surface area (Å²) in [4.78, 5) is 9.42. The summed E-state index contributed by atoms with van der Waals surface area (Å²) >= 11 is 0. The van der Waals surface area contributed by atoms with E-state index in [2.05, 4.69) is 17.1 Å². The average Bonchev–Trinajstić information content (AvgIpc) is 2.41. The van der Waals surface area contributed by atoms with Crippen LogP contribution < -0.4 is 5.32 Å². The third-order valence-corrected chi connectivity index (χ3v) is 3.64. The molecule has 1 aliphatic heterocycles. The highest BCUT2D eigenvalue weighted by molar-refractivity contribution is 4.76. The summed E-state index contributed by atoms with van der Waals surface area (Å²) in [5.41, 5.74) is 0. The number of hydrogen-bond donors (Lipinski definition) is 1. The molecule has 1 aliphatic rings. The number of nitrogens with one attached hydrogen (secondary N) is 1. The van der Waals surface area contributed by atoms with E-state index in [4.69, 9.17) is 4.89 Å². The fourth-order valence-electron chi connectivity index (χ4n) is 2.37. The summed E-state index contributed by atoms with van der Waals surface area (Å²) in [5, 5.41) is 3.15. The van der Waals surface area contributed by atoms with Crippen LogP contribution in [-0.4, -0.2) is 32.0 Å². The van der Waals surface area contributed by atoms with Gasteiger partial charge in [-0.3, -0.25) is 0 Å².